The van der Waals surface area contributed by atoms with Gasteiger partial charge in [-0.2, -0.15) is 9.97 Å². The van der Waals surface area contributed by atoms with Crippen LogP contribution in [0.5, 0.6) is 0 Å². The zero-order valence-electron chi connectivity index (χ0n) is 25.7. The second-order valence-corrected chi connectivity index (χ2v) is 11.9. The van der Waals surface area contributed by atoms with Crippen LogP contribution in [0.3, 0.4) is 0 Å². The summed E-state index contributed by atoms with van der Waals surface area (Å²) >= 11 is 0. The summed E-state index contributed by atoms with van der Waals surface area (Å²) in [5.74, 6) is 1.81. The van der Waals surface area contributed by atoms with Gasteiger partial charge in [0.2, 0.25) is 5.95 Å². The van der Waals surface area contributed by atoms with E-state index in [0.717, 1.165) is 71.3 Å². The normalized spacial score (nSPS) is 11.8. The van der Waals surface area contributed by atoms with Crippen molar-refractivity contribution in [1.82, 2.24) is 29.1 Å². The number of hydrogen-bond acceptors (Lipinski definition) is 4. The van der Waals surface area contributed by atoms with Crippen molar-refractivity contribution in [3.05, 3.63) is 158 Å². The van der Waals surface area contributed by atoms with Gasteiger partial charge in [0.1, 0.15) is 0 Å². The second kappa shape index (κ2) is 10.4. The molecule has 48 heavy (non-hydrogen) atoms. The van der Waals surface area contributed by atoms with Crippen LogP contribution in [0.25, 0.3) is 88.9 Å². The molecule has 6 nitrogen and oxygen atoms in total. The van der Waals surface area contributed by atoms with Crippen molar-refractivity contribution in [3.8, 4) is 34.4 Å². The Morgan fingerprint density at radius 3 is 1.67 bits per heavy atom. The molecule has 0 aliphatic rings. The molecule has 0 bridgehead atoms. The van der Waals surface area contributed by atoms with Gasteiger partial charge < -0.3 is 4.57 Å². The number of hydrogen-bond donors (Lipinski definition) is 0. The number of pyridine rings is 1. The number of aromatic nitrogens is 6. The van der Waals surface area contributed by atoms with E-state index in [1.165, 1.54) is 0 Å². The molecule has 0 aliphatic heterocycles. The zero-order chi connectivity index (χ0) is 31.6. The van der Waals surface area contributed by atoms with Crippen LogP contribution in [0.15, 0.2) is 158 Å². The topological polar surface area (TPSA) is 61.4 Å². The minimum atomic E-state index is 0.564. The van der Waals surface area contributed by atoms with E-state index in [1.54, 1.807) is 0 Å². The highest BCUT2D eigenvalue weighted by Gasteiger charge is 2.24. The van der Waals surface area contributed by atoms with Crippen LogP contribution >= 0.6 is 0 Å². The van der Waals surface area contributed by atoms with E-state index < -0.39 is 0 Å². The van der Waals surface area contributed by atoms with Crippen LogP contribution in [-0.2, 0) is 0 Å². The van der Waals surface area contributed by atoms with E-state index in [-0.39, 0.29) is 0 Å². The molecular weight excluding hydrogens is 589 g/mol. The van der Waals surface area contributed by atoms with E-state index in [9.17, 15) is 0 Å². The molecule has 0 N–H and O–H groups in total. The zero-order valence-corrected chi connectivity index (χ0v) is 25.7. The summed E-state index contributed by atoms with van der Waals surface area (Å²) in [5.41, 5.74) is 8.09. The van der Waals surface area contributed by atoms with Crippen molar-refractivity contribution in [2.75, 3.05) is 0 Å². The molecule has 0 atom stereocenters. The number of fused-ring (bicyclic) bond motifs is 9. The lowest BCUT2D eigenvalue weighted by Crippen LogP contribution is -2.07. The van der Waals surface area contributed by atoms with E-state index in [0.29, 0.717) is 17.6 Å². The van der Waals surface area contributed by atoms with Gasteiger partial charge in [0.25, 0.3) is 0 Å². The Hall–Kier alpha value is -6.66. The van der Waals surface area contributed by atoms with Crippen molar-refractivity contribution < 1.29 is 0 Å². The molecule has 6 aromatic carbocycles. The third kappa shape index (κ3) is 3.93. The molecule has 0 unspecified atom stereocenters. The second-order valence-electron chi connectivity index (χ2n) is 11.9. The predicted octanol–water partition coefficient (Wildman–Crippen LogP) is 9.95. The molecule has 4 aromatic heterocycles. The molecule has 4 heterocycles. The molecule has 0 spiro atoms. The van der Waals surface area contributed by atoms with Gasteiger partial charge in [0, 0.05) is 49.9 Å². The molecule has 6 heteroatoms. The monoisotopic (exact) mass is 614 g/mol. The third-order valence-electron chi connectivity index (χ3n) is 9.20. The summed E-state index contributed by atoms with van der Waals surface area (Å²) in [6, 6.07) is 52.3. The third-order valence-corrected chi connectivity index (χ3v) is 9.20. The fourth-order valence-corrected chi connectivity index (χ4v) is 7.11. The van der Waals surface area contributed by atoms with Crippen LogP contribution < -0.4 is 0 Å². The maximum absolute atomic E-state index is 5.20. The number of rotatable bonds is 4. The summed E-state index contributed by atoms with van der Waals surface area (Å²) in [6.07, 6.45) is 1.88. The minimum absolute atomic E-state index is 0.564. The van der Waals surface area contributed by atoms with Gasteiger partial charge in [-0.05, 0) is 24.3 Å². The SMILES string of the molecule is c1ccc(-c2nc(-c3ccccc3)nc(-n3c4ccccc4c4ccc5c6ccc7cccnc7c6n(-c6ccccc6)c5c43)n2)cc1. The molecule has 224 valence electrons. The highest BCUT2D eigenvalue weighted by molar-refractivity contribution is 6.26. The lowest BCUT2D eigenvalue weighted by molar-refractivity contribution is 0.953. The summed E-state index contributed by atoms with van der Waals surface area (Å²) in [7, 11) is 0. The highest BCUT2D eigenvalue weighted by atomic mass is 15.2. The maximum Gasteiger partial charge on any atom is 0.238 e. The van der Waals surface area contributed by atoms with Gasteiger partial charge in [-0.3, -0.25) is 9.55 Å². The predicted molar refractivity (Wildman–Crippen MR) is 195 cm³/mol. The largest absolute Gasteiger partial charge is 0.305 e. The fourth-order valence-electron chi connectivity index (χ4n) is 7.11. The first-order valence-corrected chi connectivity index (χ1v) is 16.0. The van der Waals surface area contributed by atoms with Crippen molar-refractivity contribution in [2.24, 2.45) is 0 Å². The Morgan fingerprint density at radius 2 is 0.958 bits per heavy atom. The van der Waals surface area contributed by atoms with Crippen molar-refractivity contribution in [1.29, 1.82) is 0 Å². The summed E-state index contributed by atoms with van der Waals surface area (Å²) in [5, 5.41) is 5.63. The molecule has 10 rings (SSSR count). The lowest BCUT2D eigenvalue weighted by Gasteiger charge is -2.13. The Morgan fingerprint density at radius 1 is 0.396 bits per heavy atom. The van der Waals surface area contributed by atoms with Gasteiger partial charge >= 0.3 is 0 Å². The quantitative estimate of drug-likeness (QED) is 0.198. The van der Waals surface area contributed by atoms with E-state index in [2.05, 4.69) is 94.1 Å². The summed E-state index contributed by atoms with van der Waals surface area (Å²) in [6.45, 7) is 0. The van der Waals surface area contributed by atoms with Crippen molar-refractivity contribution in [3.63, 3.8) is 0 Å². The molecular formula is C42H26N6. The maximum atomic E-state index is 5.20. The minimum Gasteiger partial charge on any atom is -0.305 e. The van der Waals surface area contributed by atoms with Crippen LogP contribution in [-0.4, -0.2) is 29.1 Å². The number of nitrogens with zero attached hydrogens (tertiary/aromatic N) is 6. The first kappa shape index (κ1) is 26.5. The Balaban J connectivity index is 1.42. The highest BCUT2D eigenvalue weighted by Crippen LogP contribution is 2.43. The van der Waals surface area contributed by atoms with Crippen LogP contribution in [0.2, 0.25) is 0 Å². The first-order valence-electron chi connectivity index (χ1n) is 16.0. The Bertz CT molecular complexity index is 2760. The average molecular weight is 615 g/mol. The van der Waals surface area contributed by atoms with E-state index in [1.807, 2.05) is 72.9 Å². The van der Waals surface area contributed by atoms with Gasteiger partial charge in [0.15, 0.2) is 11.6 Å². The molecule has 0 radical (unpaired) electrons. The Kier molecular flexibility index (Phi) is 5.77. The smallest absolute Gasteiger partial charge is 0.238 e. The molecule has 0 amide bonds. The lowest BCUT2D eigenvalue weighted by atomic mass is 10.1. The van der Waals surface area contributed by atoms with E-state index >= 15 is 0 Å². The molecule has 0 saturated heterocycles. The summed E-state index contributed by atoms with van der Waals surface area (Å²) in [4.78, 5) is 20.3. The molecule has 0 saturated carbocycles. The summed E-state index contributed by atoms with van der Waals surface area (Å²) < 4.78 is 4.59. The fraction of sp³-hybridized carbons (Fsp3) is 0. The van der Waals surface area contributed by atoms with Crippen LogP contribution in [0.4, 0.5) is 0 Å². The first-order chi connectivity index (χ1) is 23.8. The van der Waals surface area contributed by atoms with E-state index in [4.69, 9.17) is 19.9 Å². The van der Waals surface area contributed by atoms with Gasteiger partial charge in [-0.1, -0.05) is 127 Å². The standard InChI is InChI=1S/C42H26N6/c1-4-13-28(14-5-1)40-44-41(29-15-6-2-7-16-29)46-42(45-40)48-35-21-11-10-20-31(35)32-24-25-34-33-23-22-27-17-12-26-43-36(27)37(33)47(38(34)39(32)48)30-18-8-3-9-19-30/h1-26H. The van der Waals surface area contributed by atoms with Gasteiger partial charge in [0.05, 0.1) is 27.6 Å². The van der Waals surface area contributed by atoms with Crippen LogP contribution in [0.1, 0.15) is 0 Å². The van der Waals surface area contributed by atoms with Crippen LogP contribution in [0, 0.1) is 0 Å². The molecule has 10 aromatic rings. The van der Waals surface area contributed by atoms with Crippen molar-refractivity contribution >= 4 is 54.5 Å². The average Bonchev–Trinajstić information content (AvgIpc) is 3.69. The van der Waals surface area contributed by atoms with Gasteiger partial charge in [-0.15, -0.1) is 0 Å². The molecule has 0 aliphatic carbocycles. The molecule has 0 fully saturated rings. The van der Waals surface area contributed by atoms with Crippen molar-refractivity contribution in [2.45, 2.75) is 0 Å². The van der Waals surface area contributed by atoms with Gasteiger partial charge in [-0.25, -0.2) is 4.98 Å². The number of benzene rings is 6. The Labute approximate surface area is 275 Å². The number of para-hydroxylation sites is 2.